The Balaban J connectivity index is 1.86. The molecule has 3 rings (SSSR count). The van der Waals surface area contributed by atoms with Crippen LogP contribution in [0.2, 0.25) is 0 Å². The highest BCUT2D eigenvalue weighted by Crippen LogP contribution is 2.31. The molecule has 0 saturated heterocycles. The van der Waals surface area contributed by atoms with Crippen LogP contribution in [0.25, 0.3) is 5.69 Å². The summed E-state index contributed by atoms with van der Waals surface area (Å²) in [5, 5.41) is 9.65. The molecule has 6 nitrogen and oxygen atoms in total. The van der Waals surface area contributed by atoms with Crippen LogP contribution < -0.4 is 10.6 Å². The number of anilines is 2. The van der Waals surface area contributed by atoms with Gasteiger partial charge in [0.05, 0.1) is 16.9 Å². The van der Waals surface area contributed by atoms with E-state index in [1.54, 1.807) is 52.0 Å². The van der Waals surface area contributed by atoms with E-state index in [4.69, 9.17) is 0 Å². The number of rotatable bonds is 4. The molecule has 2 amide bonds. The summed E-state index contributed by atoms with van der Waals surface area (Å²) in [6.07, 6.45) is -4.50. The van der Waals surface area contributed by atoms with Crippen molar-refractivity contribution in [3.8, 4) is 5.69 Å². The second-order valence-corrected chi connectivity index (χ2v) is 8.37. The number of carbonyl (C=O) groups excluding carboxylic acids is 2. The molecule has 32 heavy (non-hydrogen) atoms. The lowest BCUT2D eigenvalue weighted by Gasteiger charge is -2.18. The van der Waals surface area contributed by atoms with Crippen LogP contribution in [0.4, 0.5) is 24.7 Å². The summed E-state index contributed by atoms with van der Waals surface area (Å²) in [4.78, 5) is 25.0. The maximum atomic E-state index is 13.1. The Kier molecular flexibility index (Phi) is 6.11. The molecule has 0 aliphatic rings. The summed E-state index contributed by atoms with van der Waals surface area (Å²) < 4.78 is 40.5. The molecule has 2 N–H and O–H groups in total. The van der Waals surface area contributed by atoms with Crippen LogP contribution in [-0.2, 0) is 11.0 Å². The lowest BCUT2D eigenvalue weighted by atomic mass is 9.95. The number of carbonyl (C=O) groups is 2. The number of benzene rings is 2. The maximum Gasteiger partial charge on any atom is 0.416 e. The molecule has 0 bridgehead atoms. The molecule has 1 heterocycles. The normalized spacial score (nSPS) is 11.8. The van der Waals surface area contributed by atoms with Crippen molar-refractivity contribution in [2.24, 2.45) is 5.41 Å². The molecule has 0 aliphatic carbocycles. The van der Waals surface area contributed by atoms with Gasteiger partial charge in [-0.3, -0.25) is 9.59 Å². The molecule has 0 aliphatic heterocycles. The first-order valence-electron chi connectivity index (χ1n) is 9.82. The van der Waals surface area contributed by atoms with Crippen LogP contribution in [0.5, 0.6) is 0 Å². The Hall–Kier alpha value is -3.62. The standard InChI is InChI=1S/C23H23F3N4O2/c1-14-11-19(30(29-14)18-10-6-8-16(13-18)23(24,25)26)28-20(31)15-7-5-9-17(12-15)27-21(32)22(2,3)4/h5-13H,1-4H3,(H,27,32)(H,28,31). The first-order chi connectivity index (χ1) is 14.8. The van der Waals surface area contributed by atoms with Crippen molar-refractivity contribution in [3.05, 3.63) is 71.4 Å². The second-order valence-electron chi connectivity index (χ2n) is 8.37. The second kappa shape index (κ2) is 8.49. The third kappa shape index (κ3) is 5.35. The smallest absolute Gasteiger partial charge is 0.326 e. The van der Waals surface area contributed by atoms with Crippen molar-refractivity contribution in [1.82, 2.24) is 9.78 Å². The van der Waals surface area contributed by atoms with Crippen LogP contribution in [0.15, 0.2) is 54.6 Å². The van der Waals surface area contributed by atoms with Crippen molar-refractivity contribution < 1.29 is 22.8 Å². The van der Waals surface area contributed by atoms with E-state index in [0.717, 1.165) is 12.1 Å². The molecule has 0 fully saturated rings. The van der Waals surface area contributed by atoms with Gasteiger partial charge in [0.2, 0.25) is 5.91 Å². The van der Waals surface area contributed by atoms with Gasteiger partial charge in [0.15, 0.2) is 0 Å². The Bertz CT molecular complexity index is 1160. The predicted molar refractivity (Wildman–Crippen MR) is 116 cm³/mol. The van der Waals surface area contributed by atoms with Crippen molar-refractivity contribution in [1.29, 1.82) is 0 Å². The maximum absolute atomic E-state index is 13.1. The molecule has 0 spiro atoms. The topological polar surface area (TPSA) is 76.0 Å². The van der Waals surface area contributed by atoms with Crippen molar-refractivity contribution >= 4 is 23.3 Å². The Labute approximate surface area is 183 Å². The van der Waals surface area contributed by atoms with Gasteiger partial charge in [-0.05, 0) is 43.3 Å². The zero-order valence-electron chi connectivity index (χ0n) is 18.0. The van der Waals surface area contributed by atoms with Gasteiger partial charge in [0.25, 0.3) is 5.91 Å². The van der Waals surface area contributed by atoms with E-state index in [1.807, 2.05) is 0 Å². The summed E-state index contributed by atoms with van der Waals surface area (Å²) in [5.74, 6) is -0.478. The Morgan fingerprint density at radius 2 is 1.62 bits per heavy atom. The van der Waals surface area contributed by atoms with Gasteiger partial charge in [0.1, 0.15) is 5.82 Å². The third-order valence-corrected chi connectivity index (χ3v) is 4.55. The highest BCUT2D eigenvalue weighted by molar-refractivity contribution is 6.05. The molecular weight excluding hydrogens is 421 g/mol. The lowest BCUT2D eigenvalue weighted by Crippen LogP contribution is -2.27. The van der Waals surface area contributed by atoms with Crippen LogP contribution in [-0.4, -0.2) is 21.6 Å². The number of hydrogen-bond acceptors (Lipinski definition) is 3. The molecule has 1 aromatic heterocycles. The minimum atomic E-state index is -4.50. The minimum absolute atomic E-state index is 0.161. The average Bonchev–Trinajstić information content (AvgIpc) is 3.07. The fourth-order valence-corrected chi connectivity index (χ4v) is 2.84. The van der Waals surface area contributed by atoms with Crippen LogP contribution in [0.3, 0.4) is 0 Å². The van der Waals surface area contributed by atoms with Gasteiger partial charge in [0, 0.05) is 22.7 Å². The molecule has 0 saturated carbocycles. The first-order valence-corrected chi connectivity index (χ1v) is 9.82. The first kappa shape index (κ1) is 23.1. The monoisotopic (exact) mass is 444 g/mol. The number of nitrogens with zero attached hydrogens (tertiary/aromatic N) is 2. The molecule has 0 radical (unpaired) electrons. The average molecular weight is 444 g/mol. The minimum Gasteiger partial charge on any atom is -0.326 e. The van der Waals surface area contributed by atoms with Crippen LogP contribution in [0.1, 0.15) is 42.4 Å². The van der Waals surface area contributed by atoms with Crippen LogP contribution in [0, 0.1) is 12.3 Å². The summed E-state index contributed by atoms with van der Waals surface area (Å²) in [5.41, 5.74) is -0.0138. The van der Waals surface area contributed by atoms with Gasteiger partial charge in [-0.25, -0.2) is 4.68 Å². The zero-order chi connectivity index (χ0) is 23.7. The van der Waals surface area contributed by atoms with Gasteiger partial charge in [-0.1, -0.05) is 32.9 Å². The number of amides is 2. The van der Waals surface area contributed by atoms with E-state index in [0.29, 0.717) is 11.4 Å². The Morgan fingerprint density at radius 3 is 2.28 bits per heavy atom. The lowest BCUT2D eigenvalue weighted by molar-refractivity contribution is -0.137. The highest BCUT2D eigenvalue weighted by atomic mass is 19.4. The summed E-state index contributed by atoms with van der Waals surface area (Å²) in [6, 6.07) is 12.6. The predicted octanol–water partition coefficient (Wildman–Crippen LogP) is 5.44. The van der Waals surface area contributed by atoms with Crippen molar-refractivity contribution in [2.45, 2.75) is 33.9 Å². The van der Waals surface area contributed by atoms with Crippen LogP contribution >= 0.6 is 0 Å². The third-order valence-electron chi connectivity index (χ3n) is 4.55. The zero-order valence-corrected chi connectivity index (χ0v) is 18.0. The van der Waals surface area contributed by atoms with E-state index < -0.39 is 23.1 Å². The number of nitrogens with one attached hydrogen (secondary N) is 2. The van der Waals surface area contributed by atoms with Crippen molar-refractivity contribution in [2.75, 3.05) is 10.6 Å². The van der Waals surface area contributed by atoms with E-state index >= 15 is 0 Å². The van der Waals surface area contributed by atoms with E-state index in [2.05, 4.69) is 15.7 Å². The Morgan fingerprint density at radius 1 is 0.938 bits per heavy atom. The number of alkyl halides is 3. The molecule has 2 aromatic carbocycles. The fourth-order valence-electron chi connectivity index (χ4n) is 2.84. The number of aromatic nitrogens is 2. The summed E-state index contributed by atoms with van der Waals surface area (Å²) in [6.45, 7) is 6.99. The van der Waals surface area contributed by atoms with Gasteiger partial charge < -0.3 is 10.6 Å². The quantitative estimate of drug-likeness (QED) is 0.563. The summed E-state index contributed by atoms with van der Waals surface area (Å²) >= 11 is 0. The highest BCUT2D eigenvalue weighted by Gasteiger charge is 2.30. The number of hydrogen-bond donors (Lipinski definition) is 2. The van der Waals surface area contributed by atoms with Gasteiger partial charge in [-0.2, -0.15) is 18.3 Å². The molecule has 0 atom stereocenters. The molecule has 3 aromatic rings. The van der Waals surface area contributed by atoms with Gasteiger partial charge >= 0.3 is 6.18 Å². The van der Waals surface area contributed by atoms with E-state index in [1.165, 1.54) is 22.9 Å². The molecule has 168 valence electrons. The van der Waals surface area contributed by atoms with E-state index in [9.17, 15) is 22.8 Å². The molecule has 9 heteroatoms. The number of halogens is 3. The molecular formula is C23H23F3N4O2. The SMILES string of the molecule is Cc1cc(NC(=O)c2cccc(NC(=O)C(C)(C)C)c2)n(-c2cccc(C(F)(F)F)c2)n1. The van der Waals surface area contributed by atoms with Gasteiger partial charge in [-0.15, -0.1) is 0 Å². The van der Waals surface area contributed by atoms with E-state index in [-0.39, 0.29) is 23.0 Å². The largest absolute Gasteiger partial charge is 0.416 e. The summed E-state index contributed by atoms with van der Waals surface area (Å²) in [7, 11) is 0. The molecule has 0 unspecified atom stereocenters. The fraction of sp³-hybridized carbons (Fsp3) is 0.261. The number of aryl methyl sites for hydroxylation is 1. The van der Waals surface area contributed by atoms with Crippen molar-refractivity contribution in [3.63, 3.8) is 0 Å².